The van der Waals surface area contributed by atoms with Crippen LogP contribution in [0, 0.1) is 0 Å². The topological polar surface area (TPSA) is 105 Å². The number of rotatable bonds is 9. The highest BCUT2D eigenvalue weighted by molar-refractivity contribution is 6.53. The third-order valence-electron chi connectivity index (χ3n) is 5.87. The quantitative estimate of drug-likeness (QED) is 0.279. The van der Waals surface area contributed by atoms with Crippen molar-refractivity contribution < 1.29 is 23.9 Å². The number of ether oxygens (including phenoxy) is 1. The highest BCUT2D eigenvalue weighted by atomic mass is 35.5. The molecule has 0 saturated heterocycles. The second kappa shape index (κ2) is 11.7. The molecule has 0 bridgehead atoms. The summed E-state index contributed by atoms with van der Waals surface area (Å²) in [5, 5.41) is 5.51. The van der Waals surface area contributed by atoms with Crippen LogP contribution < -0.4 is 15.5 Å². The highest BCUT2D eigenvalue weighted by Gasteiger charge is 2.39. The SMILES string of the molecule is CCCOC(=O)c1ccc(N2C(=O)C(Cl)=C(Nc3cccc(C(=O)Nc4ccccc4CC)c3)C2=O)cc1. The van der Waals surface area contributed by atoms with Crippen LogP contribution >= 0.6 is 11.6 Å². The molecule has 2 N–H and O–H groups in total. The molecule has 0 aromatic heterocycles. The lowest BCUT2D eigenvalue weighted by Crippen LogP contribution is -2.32. The zero-order valence-corrected chi connectivity index (χ0v) is 21.7. The number of anilines is 3. The molecule has 0 atom stereocenters. The van der Waals surface area contributed by atoms with Gasteiger partial charge < -0.3 is 15.4 Å². The lowest BCUT2D eigenvalue weighted by Gasteiger charge is -2.16. The van der Waals surface area contributed by atoms with E-state index in [0.29, 0.717) is 29.8 Å². The van der Waals surface area contributed by atoms with Crippen LogP contribution in [0.5, 0.6) is 0 Å². The predicted molar refractivity (Wildman–Crippen MR) is 146 cm³/mol. The molecule has 0 unspecified atom stereocenters. The van der Waals surface area contributed by atoms with Crippen LogP contribution in [0.2, 0.25) is 0 Å². The van der Waals surface area contributed by atoms with Crippen LogP contribution in [-0.2, 0) is 20.7 Å². The minimum Gasteiger partial charge on any atom is -0.462 e. The number of nitrogens with zero attached hydrogens (tertiary/aromatic N) is 1. The van der Waals surface area contributed by atoms with Crippen LogP contribution in [0.15, 0.2) is 83.5 Å². The Morgan fingerprint density at radius 3 is 2.34 bits per heavy atom. The molecule has 1 aliphatic rings. The molecule has 38 heavy (non-hydrogen) atoms. The van der Waals surface area contributed by atoms with Crippen molar-refractivity contribution in [2.75, 3.05) is 22.1 Å². The number of nitrogens with one attached hydrogen (secondary N) is 2. The fourth-order valence-electron chi connectivity index (χ4n) is 3.90. The van der Waals surface area contributed by atoms with Crippen LogP contribution in [0.1, 0.15) is 46.5 Å². The first kappa shape index (κ1) is 26.6. The molecule has 1 heterocycles. The third kappa shape index (κ3) is 5.60. The van der Waals surface area contributed by atoms with E-state index in [4.69, 9.17) is 16.3 Å². The minimum atomic E-state index is -0.703. The van der Waals surface area contributed by atoms with Gasteiger partial charge in [0.2, 0.25) is 0 Å². The number of benzene rings is 3. The number of halogens is 1. The number of para-hydroxylation sites is 1. The van der Waals surface area contributed by atoms with Crippen molar-refractivity contribution in [3.05, 3.63) is 100 Å². The number of carbonyl (C=O) groups is 4. The fraction of sp³-hybridized carbons (Fsp3) is 0.172. The van der Waals surface area contributed by atoms with Crippen molar-refractivity contribution in [1.82, 2.24) is 0 Å². The summed E-state index contributed by atoms with van der Waals surface area (Å²) in [7, 11) is 0. The maximum absolute atomic E-state index is 13.2. The minimum absolute atomic E-state index is 0.114. The monoisotopic (exact) mass is 531 g/mol. The van der Waals surface area contributed by atoms with Gasteiger partial charge in [0.1, 0.15) is 10.7 Å². The number of hydrogen-bond acceptors (Lipinski definition) is 6. The van der Waals surface area contributed by atoms with Gasteiger partial charge in [-0.2, -0.15) is 0 Å². The molecule has 4 rings (SSSR count). The Balaban J connectivity index is 1.49. The van der Waals surface area contributed by atoms with Crippen molar-refractivity contribution in [2.24, 2.45) is 0 Å². The number of imide groups is 1. The second-order valence-electron chi connectivity index (χ2n) is 8.49. The summed E-state index contributed by atoms with van der Waals surface area (Å²) in [6.07, 6.45) is 1.46. The molecule has 3 amide bonds. The lowest BCUT2D eigenvalue weighted by atomic mass is 10.1. The van der Waals surface area contributed by atoms with Crippen molar-refractivity contribution in [2.45, 2.75) is 26.7 Å². The molecule has 0 radical (unpaired) electrons. The van der Waals surface area contributed by atoms with Crippen molar-refractivity contribution in [3.8, 4) is 0 Å². The fourth-order valence-corrected chi connectivity index (χ4v) is 4.11. The smallest absolute Gasteiger partial charge is 0.338 e. The van der Waals surface area contributed by atoms with E-state index in [-0.39, 0.29) is 22.3 Å². The number of amides is 3. The summed E-state index contributed by atoms with van der Waals surface area (Å²) in [5.74, 6) is -2.17. The Kier molecular flexibility index (Phi) is 8.23. The largest absolute Gasteiger partial charge is 0.462 e. The number of carbonyl (C=O) groups excluding carboxylic acids is 4. The number of aryl methyl sites for hydroxylation is 1. The molecule has 0 spiro atoms. The predicted octanol–water partition coefficient (Wildman–Crippen LogP) is 5.50. The van der Waals surface area contributed by atoms with Gasteiger partial charge in [-0.25, -0.2) is 9.69 Å². The molecule has 8 nitrogen and oxygen atoms in total. The molecule has 3 aromatic carbocycles. The molecule has 0 fully saturated rings. The molecule has 3 aromatic rings. The zero-order valence-electron chi connectivity index (χ0n) is 20.9. The van der Waals surface area contributed by atoms with E-state index >= 15 is 0 Å². The summed E-state index contributed by atoms with van der Waals surface area (Å²) in [6.45, 7) is 4.19. The van der Waals surface area contributed by atoms with Gasteiger partial charge in [-0.1, -0.05) is 49.7 Å². The van der Waals surface area contributed by atoms with E-state index in [1.807, 2.05) is 38.1 Å². The Bertz CT molecular complexity index is 1430. The van der Waals surface area contributed by atoms with Gasteiger partial charge in [-0.15, -0.1) is 0 Å². The van der Waals surface area contributed by atoms with Crippen molar-refractivity contribution in [3.63, 3.8) is 0 Å². The third-order valence-corrected chi connectivity index (χ3v) is 6.22. The van der Waals surface area contributed by atoms with E-state index in [0.717, 1.165) is 22.6 Å². The van der Waals surface area contributed by atoms with E-state index in [2.05, 4.69) is 10.6 Å². The standard InChI is InChI=1S/C29H26ClN3O5/c1-3-16-38-29(37)19-12-14-22(15-13-19)33-27(35)24(30)25(28(33)36)31-21-10-7-9-20(17-21)26(34)32-23-11-6-5-8-18(23)4-2/h5-15,17,31H,3-4,16H2,1-2H3,(H,32,34). The van der Waals surface area contributed by atoms with Gasteiger partial charge in [-0.05, 0) is 66.9 Å². The lowest BCUT2D eigenvalue weighted by molar-refractivity contribution is -0.120. The van der Waals surface area contributed by atoms with Crippen LogP contribution in [-0.4, -0.2) is 30.3 Å². The van der Waals surface area contributed by atoms with E-state index in [9.17, 15) is 19.2 Å². The normalized spacial score (nSPS) is 13.1. The Hall–Kier alpha value is -4.43. The Morgan fingerprint density at radius 1 is 0.895 bits per heavy atom. The Morgan fingerprint density at radius 2 is 1.63 bits per heavy atom. The molecule has 9 heteroatoms. The molecule has 0 aliphatic carbocycles. The average molecular weight is 532 g/mol. The second-order valence-corrected chi connectivity index (χ2v) is 8.87. The summed E-state index contributed by atoms with van der Waals surface area (Å²) >= 11 is 6.25. The molecular formula is C29H26ClN3O5. The first-order chi connectivity index (χ1) is 18.3. The van der Waals surface area contributed by atoms with Crippen molar-refractivity contribution >= 4 is 52.4 Å². The molecular weight excluding hydrogens is 506 g/mol. The maximum atomic E-state index is 13.2. The number of esters is 1. The maximum Gasteiger partial charge on any atom is 0.338 e. The van der Waals surface area contributed by atoms with Crippen molar-refractivity contribution in [1.29, 1.82) is 0 Å². The van der Waals surface area contributed by atoms with E-state index in [1.54, 1.807) is 24.3 Å². The van der Waals surface area contributed by atoms with Gasteiger partial charge in [0.15, 0.2) is 0 Å². The summed E-state index contributed by atoms with van der Waals surface area (Å²) in [5.41, 5.74) is 2.94. The van der Waals surface area contributed by atoms with Gasteiger partial charge in [0.25, 0.3) is 17.7 Å². The first-order valence-corrected chi connectivity index (χ1v) is 12.5. The summed E-state index contributed by atoms with van der Waals surface area (Å²) in [4.78, 5) is 51.8. The zero-order chi connectivity index (χ0) is 27.2. The first-order valence-electron chi connectivity index (χ1n) is 12.2. The van der Waals surface area contributed by atoms with Gasteiger partial charge >= 0.3 is 5.97 Å². The number of hydrogen-bond donors (Lipinski definition) is 2. The van der Waals surface area contributed by atoms with Gasteiger partial charge in [0, 0.05) is 16.9 Å². The van der Waals surface area contributed by atoms with Crippen LogP contribution in [0.25, 0.3) is 0 Å². The van der Waals surface area contributed by atoms with E-state index < -0.39 is 17.8 Å². The summed E-state index contributed by atoms with van der Waals surface area (Å²) in [6, 6.07) is 20.0. The van der Waals surface area contributed by atoms with E-state index in [1.165, 1.54) is 24.3 Å². The summed E-state index contributed by atoms with van der Waals surface area (Å²) < 4.78 is 5.10. The van der Waals surface area contributed by atoms with Crippen LogP contribution in [0.4, 0.5) is 17.1 Å². The Labute approximate surface area is 225 Å². The van der Waals surface area contributed by atoms with Crippen LogP contribution in [0.3, 0.4) is 0 Å². The highest BCUT2D eigenvalue weighted by Crippen LogP contribution is 2.30. The molecule has 194 valence electrons. The van der Waals surface area contributed by atoms with Gasteiger partial charge in [-0.3, -0.25) is 14.4 Å². The molecule has 1 aliphatic heterocycles. The average Bonchev–Trinajstić information content (AvgIpc) is 3.15. The molecule has 0 saturated carbocycles. The van der Waals surface area contributed by atoms with Gasteiger partial charge in [0.05, 0.1) is 17.9 Å².